The van der Waals surface area contributed by atoms with E-state index in [9.17, 15) is 4.79 Å². The van der Waals surface area contributed by atoms with Crippen LogP contribution in [0, 0.1) is 10.7 Å². The summed E-state index contributed by atoms with van der Waals surface area (Å²) in [4.78, 5) is 12.8. The molecule has 1 aromatic heterocycles. The summed E-state index contributed by atoms with van der Waals surface area (Å²) in [5.74, 6) is 2.44. The quantitative estimate of drug-likeness (QED) is 0.478. The van der Waals surface area contributed by atoms with Gasteiger partial charge in [-0.05, 0) is 60.1 Å². The van der Waals surface area contributed by atoms with Gasteiger partial charge in [-0.2, -0.15) is 5.10 Å². The van der Waals surface area contributed by atoms with Gasteiger partial charge >= 0.3 is 0 Å². The van der Waals surface area contributed by atoms with Gasteiger partial charge in [-0.1, -0.05) is 26.0 Å². The first-order valence-electron chi connectivity index (χ1n) is 10.2. The number of hydrogen-bond donors (Lipinski definition) is 2. The minimum absolute atomic E-state index is 0.0432. The lowest BCUT2D eigenvalue weighted by atomic mass is 9.96. The molecule has 0 saturated carbocycles. The maximum absolute atomic E-state index is 12.8. The molecule has 8 heteroatoms. The Bertz CT molecular complexity index is 1060. The average molecular weight is 441 g/mol. The van der Waals surface area contributed by atoms with E-state index in [4.69, 9.17) is 21.7 Å². The third kappa shape index (κ3) is 5.52. The minimum Gasteiger partial charge on any atom is -0.497 e. The summed E-state index contributed by atoms with van der Waals surface area (Å²) >= 11 is 5.38. The summed E-state index contributed by atoms with van der Waals surface area (Å²) < 4.78 is 12.8. The summed E-state index contributed by atoms with van der Waals surface area (Å²) in [6.45, 7) is 4.60. The Hall–Kier alpha value is -3.13. The molecule has 1 atom stereocenters. The number of nitrogens with one attached hydrogen (secondary N) is 2. The molecular weight excluding hydrogens is 412 g/mol. The van der Waals surface area contributed by atoms with E-state index in [0.717, 1.165) is 22.6 Å². The number of H-pyrrole nitrogens is 1. The molecule has 1 unspecified atom stereocenters. The summed E-state index contributed by atoms with van der Waals surface area (Å²) in [6, 6.07) is 15.3. The van der Waals surface area contributed by atoms with Crippen LogP contribution in [0.25, 0.3) is 11.4 Å². The zero-order valence-electron chi connectivity index (χ0n) is 18.2. The highest BCUT2D eigenvalue weighted by atomic mass is 32.1. The van der Waals surface area contributed by atoms with Gasteiger partial charge < -0.3 is 14.8 Å². The van der Waals surface area contributed by atoms with Crippen LogP contribution in [0.4, 0.5) is 0 Å². The molecule has 31 heavy (non-hydrogen) atoms. The highest BCUT2D eigenvalue weighted by Crippen LogP contribution is 2.24. The first-order chi connectivity index (χ1) is 14.9. The smallest absolute Gasteiger partial charge is 0.222 e. The van der Waals surface area contributed by atoms with E-state index in [2.05, 4.69) is 29.4 Å². The van der Waals surface area contributed by atoms with E-state index in [1.165, 1.54) is 0 Å². The molecule has 2 aromatic carbocycles. The monoisotopic (exact) mass is 440 g/mol. The first kappa shape index (κ1) is 22.6. The van der Waals surface area contributed by atoms with Crippen LogP contribution >= 0.6 is 12.2 Å². The van der Waals surface area contributed by atoms with Gasteiger partial charge in [0.2, 0.25) is 5.91 Å². The first-order valence-corrected chi connectivity index (χ1v) is 10.6. The van der Waals surface area contributed by atoms with Crippen molar-refractivity contribution in [2.45, 2.75) is 32.9 Å². The fourth-order valence-electron chi connectivity index (χ4n) is 3.39. The average Bonchev–Trinajstić information content (AvgIpc) is 3.16. The zero-order chi connectivity index (χ0) is 22.4. The number of carbonyl (C=O) groups is 1. The molecule has 2 N–H and O–H groups in total. The molecule has 0 radical (unpaired) electrons. The Morgan fingerprint density at radius 1 is 1.06 bits per heavy atom. The lowest BCUT2D eigenvalue weighted by Crippen LogP contribution is -2.32. The number of hydrogen-bond acceptors (Lipinski definition) is 5. The number of aromatic nitrogens is 3. The van der Waals surface area contributed by atoms with Gasteiger partial charge in [0.15, 0.2) is 10.6 Å². The van der Waals surface area contributed by atoms with E-state index in [-0.39, 0.29) is 24.3 Å². The third-order valence-corrected chi connectivity index (χ3v) is 5.44. The number of nitrogens with zero attached hydrogens (tertiary/aromatic N) is 2. The van der Waals surface area contributed by atoms with Crippen molar-refractivity contribution in [2.75, 3.05) is 14.2 Å². The van der Waals surface area contributed by atoms with Gasteiger partial charge in [-0.3, -0.25) is 14.5 Å². The molecule has 3 rings (SSSR count). The Kier molecular flexibility index (Phi) is 7.46. The summed E-state index contributed by atoms with van der Waals surface area (Å²) in [7, 11) is 3.26. The van der Waals surface area contributed by atoms with Crippen molar-refractivity contribution in [2.24, 2.45) is 5.92 Å². The van der Waals surface area contributed by atoms with E-state index in [1.54, 1.807) is 14.2 Å². The second-order valence-electron chi connectivity index (χ2n) is 7.54. The van der Waals surface area contributed by atoms with E-state index in [1.807, 2.05) is 53.1 Å². The van der Waals surface area contributed by atoms with Crippen molar-refractivity contribution in [3.8, 4) is 22.9 Å². The van der Waals surface area contributed by atoms with Crippen molar-refractivity contribution >= 4 is 18.1 Å². The molecule has 0 bridgehead atoms. The largest absolute Gasteiger partial charge is 0.497 e. The zero-order valence-corrected chi connectivity index (χ0v) is 19.0. The van der Waals surface area contributed by atoms with Crippen LogP contribution < -0.4 is 14.8 Å². The predicted octanol–water partition coefficient (Wildman–Crippen LogP) is 4.53. The Morgan fingerprint density at radius 2 is 1.65 bits per heavy atom. The third-order valence-electron chi connectivity index (χ3n) is 5.13. The van der Waals surface area contributed by atoms with Crippen LogP contribution in [0.15, 0.2) is 48.5 Å². The lowest BCUT2D eigenvalue weighted by molar-refractivity contribution is -0.122. The fourth-order valence-corrected chi connectivity index (χ4v) is 3.61. The second kappa shape index (κ2) is 10.3. The maximum Gasteiger partial charge on any atom is 0.222 e. The highest BCUT2D eigenvalue weighted by Gasteiger charge is 2.19. The number of amides is 1. The van der Waals surface area contributed by atoms with Crippen LogP contribution in [-0.2, 0) is 11.3 Å². The highest BCUT2D eigenvalue weighted by molar-refractivity contribution is 7.71. The Morgan fingerprint density at radius 3 is 2.19 bits per heavy atom. The summed E-state index contributed by atoms with van der Waals surface area (Å²) in [6.07, 6.45) is 0.288. The van der Waals surface area contributed by atoms with Gasteiger partial charge in [0, 0.05) is 18.5 Å². The topological polar surface area (TPSA) is 81.2 Å². The van der Waals surface area contributed by atoms with Gasteiger partial charge in [0.05, 0.1) is 20.3 Å². The predicted molar refractivity (Wildman–Crippen MR) is 123 cm³/mol. The molecule has 0 aliphatic heterocycles. The molecule has 0 spiro atoms. The Balaban J connectivity index is 1.69. The van der Waals surface area contributed by atoms with Crippen molar-refractivity contribution < 1.29 is 14.3 Å². The molecule has 164 valence electrons. The fraction of sp³-hybridized carbons (Fsp3) is 0.348. The molecule has 7 nitrogen and oxygen atoms in total. The van der Waals surface area contributed by atoms with Gasteiger partial charge in [-0.25, -0.2) is 0 Å². The van der Waals surface area contributed by atoms with Crippen LogP contribution in [0.1, 0.15) is 31.9 Å². The van der Waals surface area contributed by atoms with Crippen molar-refractivity contribution in [3.05, 3.63) is 58.9 Å². The molecule has 0 aliphatic carbocycles. The number of aromatic amines is 1. The van der Waals surface area contributed by atoms with Gasteiger partial charge in [-0.15, -0.1) is 0 Å². The van der Waals surface area contributed by atoms with E-state index < -0.39 is 0 Å². The number of rotatable bonds is 9. The van der Waals surface area contributed by atoms with Crippen LogP contribution in [0.2, 0.25) is 0 Å². The van der Waals surface area contributed by atoms with Crippen molar-refractivity contribution in [1.82, 2.24) is 20.1 Å². The normalized spacial score (nSPS) is 11.9. The van der Waals surface area contributed by atoms with Crippen LogP contribution in [0.5, 0.6) is 11.5 Å². The van der Waals surface area contributed by atoms with Gasteiger partial charge in [0.25, 0.3) is 0 Å². The minimum atomic E-state index is -0.0863. The number of benzene rings is 2. The number of methoxy groups -OCH3 is 2. The number of carbonyl (C=O) groups excluding carboxylic acids is 1. The van der Waals surface area contributed by atoms with E-state index >= 15 is 0 Å². The lowest BCUT2D eigenvalue weighted by Gasteiger charge is -2.23. The van der Waals surface area contributed by atoms with Crippen molar-refractivity contribution in [3.63, 3.8) is 0 Å². The molecule has 0 saturated heterocycles. The molecule has 1 amide bonds. The molecule has 0 aliphatic rings. The van der Waals surface area contributed by atoms with Crippen LogP contribution in [-0.4, -0.2) is 34.9 Å². The molecule has 3 aromatic rings. The van der Waals surface area contributed by atoms with Gasteiger partial charge in [0.1, 0.15) is 11.5 Å². The van der Waals surface area contributed by atoms with Crippen molar-refractivity contribution in [1.29, 1.82) is 0 Å². The maximum atomic E-state index is 12.8. The second-order valence-corrected chi connectivity index (χ2v) is 7.93. The Labute approximate surface area is 187 Å². The molecule has 1 heterocycles. The van der Waals surface area contributed by atoms with Crippen LogP contribution in [0.3, 0.4) is 0 Å². The summed E-state index contributed by atoms with van der Waals surface area (Å²) in [5.41, 5.74) is 1.94. The molecule has 0 fully saturated rings. The number of ether oxygens (including phenoxy) is 2. The van der Waals surface area contributed by atoms with E-state index in [0.29, 0.717) is 17.1 Å². The SMILES string of the molecule is COc1ccc(-c2n[nH]c(=S)n2CCC(=O)NC(c2ccc(OC)cc2)C(C)C)cc1. The standard InChI is InChI=1S/C23H28N4O3S/c1-15(2)21(16-5-9-18(29-3)10-6-16)24-20(28)13-14-27-22(25-26-23(27)31)17-7-11-19(30-4)12-8-17/h5-12,15,21H,13-14H2,1-4H3,(H,24,28)(H,26,31). The molecular formula is C23H28N4O3S. The summed E-state index contributed by atoms with van der Waals surface area (Å²) in [5, 5.41) is 10.3.